The van der Waals surface area contributed by atoms with Crippen LogP contribution in [0, 0.1) is 0 Å². The fourth-order valence-electron chi connectivity index (χ4n) is 2.17. The highest BCUT2D eigenvalue weighted by molar-refractivity contribution is 8.18. The lowest BCUT2D eigenvalue weighted by atomic mass is 10.2. The number of aliphatic imine (C=N–C) groups is 1. The van der Waals surface area contributed by atoms with Gasteiger partial charge in [0.2, 0.25) is 0 Å². The average molecular weight is 371 g/mol. The van der Waals surface area contributed by atoms with Crippen LogP contribution in [0.1, 0.15) is 5.56 Å². The first-order valence-corrected chi connectivity index (χ1v) is 8.70. The summed E-state index contributed by atoms with van der Waals surface area (Å²) in [5.41, 5.74) is 1.64. The SMILES string of the molecule is COc1ccc(Cl)cc1N=C1NC(=O)/C(=C/C=C/c2ccccc2)S1. The monoisotopic (exact) mass is 370 g/mol. The number of hydrogen-bond donors (Lipinski definition) is 1. The summed E-state index contributed by atoms with van der Waals surface area (Å²) >= 11 is 7.28. The maximum Gasteiger partial charge on any atom is 0.264 e. The number of ether oxygens (including phenoxy) is 1. The molecule has 1 saturated heterocycles. The van der Waals surface area contributed by atoms with E-state index in [0.717, 1.165) is 5.56 Å². The summed E-state index contributed by atoms with van der Waals surface area (Å²) < 4.78 is 5.26. The van der Waals surface area contributed by atoms with Gasteiger partial charge in [-0.3, -0.25) is 4.79 Å². The van der Waals surface area contributed by atoms with Crippen LogP contribution >= 0.6 is 23.4 Å². The van der Waals surface area contributed by atoms with Gasteiger partial charge < -0.3 is 10.1 Å². The van der Waals surface area contributed by atoms with Gasteiger partial charge in [0.25, 0.3) is 5.91 Å². The van der Waals surface area contributed by atoms with Gasteiger partial charge in [-0.05, 0) is 41.6 Å². The second-order valence-electron chi connectivity index (χ2n) is 5.09. The number of carbonyl (C=O) groups excluding carboxylic acids is 1. The Hall–Kier alpha value is -2.50. The summed E-state index contributed by atoms with van der Waals surface area (Å²) in [6, 6.07) is 15.0. The van der Waals surface area contributed by atoms with Crippen molar-refractivity contribution in [2.24, 2.45) is 4.99 Å². The highest BCUT2D eigenvalue weighted by atomic mass is 35.5. The van der Waals surface area contributed by atoms with E-state index in [2.05, 4.69) is 10.3 Å². The van der Waals surface area contributed by atoms with Crippen LogP contribution in [0.5, 0.6) is 5.75 Å². The van der Waals surface area contributed by atoms with Gasteiger partial charge in [-0.15, -0.1) is 0 Å². The van der Waals surface area contributed by atoms with E-state index in [4.69, 9.17) is 16.3 Å². The maximum absolute atomic E-state index is 12.1. The third-order valence-corrected chi connectivity index (χ3v) is 4.51. The molecule has 0 unspecified atom stereocenters. The number of carbonyl (C=O) groups is 1. The Morgan fingerprint density at radius 3 is 2.76 bits per heavy atom. The van der Waals surface area contributed by atoms with Crippen LogP contribution in [0.15, 0.2) is 70.6 Å². The second-order valence-corrected chi connectivity index (χ2v) is 6.56. The molecule has 0 bridgehead atoms. The Bertz CT molecular complexity index is 876. The number of benzene rings is 2. The fourth-order valence-corrected chi connectivity index (χ4v) is 3.12. The van der Waals surface area contributed by atoms with Crippen LogP contribution in [0.4, 0.5) is 5.69 Å². The zero-order valence-corrected chi connectivity index (χ0v) is 15.0. The molecule has 0 saturated carbocycles. The van der Waals surface area contributed by atoms with Crippen LogP contribution < -0.4 is 10.1 Å². The first-order chi connectivity index (χ1) is 12.2. The molecule has 1 heterocycles. The van der Waals surface area contributed by atoms with Gasteiger partial charge in [-0.25, -0.2) is 4.99 Å². The minimum atomic E-state index is -0.178. The molecule has 2 aromatic rings. The molecule has 0 radical (unpaired) electrons. The topological polar surface area (TPSA) is 50.7 Å². The first kappa shape index (κ1) is 17.3. The van der Waals surface area contributed by atoms with E-state index in [0.29, 0.717) is 26.5 Å². The van der Waals surface area contributed by atoms with Gasteiger partial charge in [0.1, 0.15) is 11.4 Å². The average Bonchev–Trinajstić information content (AvgIpc) is 2.95. The van der Waals surface area contributed by atoms with Crippen LogP contribution in [-0.4, -0.2) is 18.2 Å². The van der Waals surface area contributed by atoms with E-state index in [1.807, 2.05) is 42.5 Å². The van der Waals surface area contributed by atoms with Gasteiger partial charge in [-0.2, -0.15) is 0 Å². The van der Waals surface area contributed by atoms with E-state index >= 15 is 0 Å². The molecule has 0 atom stereocenters. The van der Waals surface area contributed by atoms with Crippen molar-refractivity contribution in [3.05, 3.63) is 76.2 Å². The summed E-state index contributed by atoms with van der Waals surface area (Å²) in [6.07, 6.45) is 5.56. The molecule has 1 amide bonds. The van der Waals surface area contributed by atoms with Crippen LogP contribution in [0.2, 0.25) is 5.02 Å². The summed E-state index contributed by atoms with van der Waals surface area (Å²) in [4.78, 5) is 17.1. The number of methoxy groups -OCH3 is 1. The van der Waals surface area contributed by atoms with E-state index in [1.165, 1.54) is 11.8 Å². The number of halogens is 1. The number of nitrogens with one attached hydrogen (secondary N) is 1. The van der Waals surface area contributed by atoms with Gasteiger partial charge in [0, 0.05) is 5.02 Å². The minimum Gasteiger partial charge on any atom is -0.494 e. The largest absolute Gasteiger partial charge is 0.494 e. The van der Waals surface area contributed by atoms with Gasteiger partial charge in [0.15, 0.2) is 5.17 Å². The summed E-state index contributed by atoms with van der Waals surface area (Å²) in [7, 11) is 1.56. The molecule has 0 aromatic heterocycles. The molecule has 0 aliphatic carbocycles. The molecule has 25 heavy (non-hydrogen) atoms. The predicted molar refractivity (Wildman–Crippen MR) is 104 cm³/mol. The quantitative estimate of drug-likeness (QED) is 0.787. The van der Waals surface area contributed by atoms with Crippen molar-refractivity contribution >= 4 is 46.2 Å². The lowest BCUT2D eigenvalue weighted by Gasteiger charge is -2.04. The molecule has 0 spiro atoms. The number of allylic oxidation sites excluding steroid dienone is 2. The van der Waals surface area contributed by atoms with Crippen LogP contribution in [0.3, 0.4) is 0 Å². The molecule has 126 valence electrons. The Balaban J connectivity index is 1.77. The third kappa shape index (κ3) is 4.53. The molecule has 1 N–H and O–H groups in total. The van der Waals surface area contributed by atoms with Gasteiger partial charge in [-0.1, -0.05) is 54.1 Å². The molecular formula is C19H15ClN2O2S. The summed E-state index contributed by atoms with van der Waals surface area (Å²) in [5.74, 6) is 0.413. The highest BCUT2D eigenvalue weighted by Gasteiger charge is 2.23. The highest BCUT2D eigenvalue weighted by Crippen LogP contribution is 2.33. The standard InChI is InChI=1S/C19H15ClN2O2S/c1-24-16-11-10-14(20)12-15(16)21-19-22-18(23)17(25-19)9-5-8-13-6-3-2-4-7-13/h2-12H,1H3,(H,21,22,23)/b8-5+,17-9-. The Morgan fingerprint density at radius 2 is 2.00 bits per heavy atom. The van der Waals surface area contributed by atoms with Crippen molar-refractivity contribution in [3.8, 4) is 5.75 Å². The normalized spacial score (nSPS) is 17.4. The number of rotatable bonds is 4. The van der Waals surface area contributed by atoms with Crippen molar-refractivity contribution in [1.82, 2.24) is 5.32 Å². The number of thioether (sulfide) groups is 1. The maximum atomic E-state index is 12.1. The van der Waals surface area contributed by atoms with Gasteiger partial charge >= 0.3 is 0 Å². The molecule has 6 heteroatoms. The van der Waals surface area contributed by atoms with Crippen molar-refractivity contribution in [2.45, 2.75) is 0 Å². The zero-order chi connectivity index (χ0) is 17.6. The van der Waals surface area contributed by atoms with E-state index < -0.39 is 0 Å². The summed E-state index contributed by atoms with van der Waals surface area (Å²) in [6.45, 7) is 0. The Labute approximate surface area is 155 Å². The molecule has 2 aromatic carbocycles. The number of hydrogen-bond acceptors (Lipinski definition) is 4. The zero-order valence-electron chi connectivity index (χ0n) is 13.4. The van der Waals surface area contributed by atoms with Crippen molar-refractivity contribution < 1.29 is 9.53 Å². The van der Waals surface area contributed by atoms with Crippen LogP contribution in [-0.2, 0) is 4.79 Å². The molecule has 1 aliphatic rings. The van der Waals surface area contributed by atoms with Crippen molar-refractivity contribution in [3.63, 3.8) is 0 Å². The Kier molecular flexibility index (Phi) is 5.58. The molecule has 3 rings (SSSR count). The van der Waals surface area contributed by atoms with Crippen molar-refractivity contribution in [1.29, 1.82) is 0 Å². The molecule has 4 nitrogen and oxygen atoms in total. The van der Waals surface area contributed by atoms with Crippen LogP contribution in [0.25, 0.3) is 6.08 Å². The lowest BCUT2D eigenvalue weighted by Crippen LogP contribution is -2.19. The van der Waals surface area contributed by atoms with Crippen molar-refractivity contribution in [2.75, 3.05) is 7.11 Å². The van der Waals surface area contributed by atoms with E-state index in [-0.39, 0.29) is 5.91 Å². The number of nitrogens with zero attached hydrogens (tertiary/aromatic N) is 1. The minimum absolute atomic E-state index is 0.178. The predicted octanol–water partition coefficient (Wildman–Crippen LogP) is 4.80. The third-order valence-electron chi connectivity index (χ3n) is 3.35. The fraction of sp³-hybridized carbons (Fsp3) is 0.0526. The molecule has 1 aliphatic heterocycles. The smallest absolute Gasteiger partial charge is 0.264 e. The van der Waals surface area contributed by atoms with E-state index in [9.17, 15) is 4.79 Å². The molecular weight excluding hydrogens is 356 g/mol. The summed E-state index contributed by atoms with van der Waals surface area (Å²) in [5, 5.41) is 3.79. The second kappa shape index (κ2) is 8.05. The molecule has 1 fully saturated rings. The number of amides is 1. The Morgan fingerprint density at radius 1 is 1.20 bits per heavy atom. The first-order valence-electron chi connectivity index (χ1n) is 7.50. The van der Waals surface area contributed by atoms with E-state index in [1.54, 1.807) is 31.4 Å². The van der Waals surface area contributed by atoms with Gasteiger partial charge in [0.05, 0.1) is 12.0 Å². The lowest BCUT2D eigenvalue weighted by molar-refractivity contribution is -0.115. The number of amidine groups is 1.